The van der Waals surface area contributed by atoms with Crippen LogP contribution in [0.3, 0.4) is 0 Å². The van der Waals surface area contributed by atoms with Gasteiger partial charge in [0.2, 0.25) is 10.0 Å². The normalized spacial score (nSPS) is 17.0. The number of nitrogens with zero attached hydrogens (tertiary/aromatic N) is 1. The lowest BCUT2D eigenvalue weighted by Crippen LogP contribution is -2.38. The van der Waals surface area contributed by atoms with E-state index in [1.165, 1.54) is 0 Å². The maximum atomic E-state index is 13.4. The number of piperidine rings is 1. The molecule has 1 heterocycles. The van der Waals surface area contributed by atoms with Gasteiger partial charge < -0.3 is 10.1 Å². The molecule has 0 bridgehead atoms. The van der Waals surface area contributed by atoms with Crippen molar-refractivity contribution in [3.8, 4) is 5.75 Å². The van der Waals surface area contributed by atoms with E-state index >= 15 is 0 Å². The zero-order chi connectivity index (χ0) is 22.6. The first-order chi connectivity index (χ1) is 15.5. The third-order valence-corrected chi connectivity index (χ3v) is 7.63. The van der Waals surface area contributed by atoms with Gasteiger partial charge in [0.15, 0.2) is 0 Å². The minimum Gasteiger partial charge on any atom is -0.497 e. The molecule has 1 amide bonds. The van der Waals surface area contributed by atoms with Gasteiger partial charge in [0.25, 0.3) is 5.91 Å². The predicted octanol–water partition coefficient (Wildman–Crippen LogP) is 4.86. The van der Waals surface area contributed by atoms with Gasteiger partial charge in [-0.1, -0.05) is 36.8 Å². The maximum Gasteiger partial charge on any atom is 0.255 e. The van der Waals surface area contributed by atoms with Crippen LogP contribution in [-0.4, -0.2) is 32.3 Å². The molecule has 1 aliphatic heterocycles. The zero-order valence-corrected chi connectivity index (χ0v) is 18.7. The summed E-state index contributed by atoms with van der Waals surface area (Å²) in [7, 11) is -2.09. The number of rotatable bonds is 6. The van der Waals surface area contributed by atoms with Gasteiger partial charge in [0.1, 0.15) is 5.75 Å². The number of methoxy groups -OCH3 is 1. The van der Waals surface area contributed by atoms with Crippen molar-refractivity contribution in [2.75, 3.05) is 19.0 Å². The van der Waals surface area contributed by atoms with Crippen LogP contribution in [0, 0.1) is 0 Å². The highest BCUT2D eigenvalue weighted by Gasteiger charge is 2.34. The molecule has 32 heavy (non-hydrogen) atoms. The Hall–Kier alpha value is -3.16. The lowest BCUT2D eigenvalue weighted by atomic mass is 9.98. The molecule has 166 valence electrons. The highest BCUT2D eigenvalue weighted by atomic mass is 32.2. The fraction of sp³-hybridized carbons (Fsp3) is 0.240. The second-order valence-corrected chi connectivity index (χ2v) is 9.64. The fourth-order valence-corrected chi connectivity index (χ4v) is 5.67. The van der Waals surface area contributed by atoms with E-state index in [1.54, 1.807) is 59.9 Å². The molecule has 1 fully saturated rings. The molecule has 0 saturated carbocycles. The summed E-state index contributed by atoms with van der Waals surface area (Å²) in [6.07, 6.45) is 2.65. The molecule has 1 N–H and O–H groups in total. The molecule has 0 radical (unpaired) electrons. The smallest absolute Gasteiger partial charge is 0.255 e. The summed E-state index contributed by atoms with van der Waals surface area (Å²) in [6, 6.07) is 22.7. The van der Waals surface area contributed by atoms with E-state index in [1.807, 2.05) is 30.3 Å². The Kier molecular flexibility index (Phi) is 6.58. The molecule has 0 aliphatic carbocycles. The van der Waals surface area contributed by atoms with Crippen molar-refractivity contribution < 1.29 is 17.9 Å². The lowest BCUT2D eigenvalue weighted by molar-refractivity contribution is 0.102. The summed E-state index contributed by atoms with van der Waals surface area (Å²) >= 11 is 0. The van der Waals surface area contributed by atoms with Gasteiger partial charge in [0.05, 0.1) is 18.0 Å². The van der Waals surface area contributed by atoms with Gasteiger partial charge in [-0.25, -0.2) is 8.42 Å². The van der Waals surface area contributed by atoms with Crippen LogP contribution in [0.15, 0.2) is 83.8 Å². The topological polar surface area (TPSA) is 75.7 Å². The number of carbonyl (C=O) groups is 1. The van der Waals surface area contributed by atoms with Crippen molar-refractivity contribution in [2.45, 2.75) is 30.2 Å². The molecule has 3 aromatic rings. The second-order valence-electron chi connectivity index (χ2n) is 7.75. The van der Waals surface area contributed by atoms with Crippen molar-refractivity contribution in [3.63, 3.8) is 0 Å². The van der Waals surface area contributed by atoms with Crippen LogP contribution < -0.4 is 10.1 Å². The third kappa shape index (κ3) is 4.69. The Morgan fingerprint density at radius 2 is 1.62 bits per heavy atom. The monoisotopic (exact) mass is 450 g/mol. The van der Waals surface area contributed by atoms with Crippen molar-refractivity contribution in [1.29, 1.82) is 0 Å². The highest BCUT2D eigenvalue weighted by Crippen LogP contribution is 2.35. The van der Waals surface area contributed by atoms with E-state index in [0.717, 1.165) is 24.8 Å². The largest absolute Gasteiger partial charge is 0.497 e. The lowest BCUT2D eigenvalue weighted by Gasteiger charge is -2.35. The van der Waals surface area contributed by atoms with Crippen LogP contribution in [0.25, 0.3) is 0 Å². The SMILES string of the molecule is COc1ccc(C(=O)Nc2ccc(S(=O)(=O)N3CCCCC3c3ccccc3)cc2)cc1. The molecule has 1 atom stereocenters. The molecule has 7 heteroatoms. The minimum absolute atomic E-state index is 0.163. The molecule has 0 spiro atoms. The van der Waals surface area contributed by atoms with E-state index in [4.69, 9.17) is 4.74 Å². The summed E-state index contributed by atoms with van der Waals surface area (Å²) in [5.41, 5.74) is 2.03. The van der Waals surface area contributed by atoms with Crippen LogP contribution in [-0.2, 0) is 10.0 Å². The molecule has 6 nitrogen and oxygen atoms in total. The summed E-state index contributed by atoms with van der Waals surface area (Å²) in [6.45, 7) is 0.498. The van der Waals surface area contributed by atoms with E-state index in [2.05, 4.69) is 5.32 Å². The van der Waals surface area contributed by atoms with Crippen molar-refractivity contribution >= 4 is 21.6 Å². The summed E-state index contributed by atoms with van der Waals surface area (Å²) in [4.78, 5) is 12.7. The van der Waals surface area contributed by atoms with E-state index in [9.17, 15) is 13.2 Å². The second kappa shape index (κ2) is 9.54. The number of hydrogen-bond donors (Lipinski definition) is 1. The molecule has 3 aromatic carbocycles. The standard InChI is InChI=1S/C25H26N2O4S/c1-31-22-14-10-20(11-15-22)25(28)26-21-12-16-23(17-13-21)32(29,30)27-18-6-5-9-24(27)19-7-3-2-4-8-19/h2-4,7-8,10-17,24H,5-6,9,18H2,1H3,(H,26,28). The number of amides is 1. The maximum absolute atomic E-state index is 13.4. The summed E-state index contributed by atoms with van der Waals surface area (Å²) in [5, 5.41) is 2.80. The van der Waals surface area contributed by atoms with Gasteiger partial charge >= 0.3 is 0 Å². The van der Waals surface area contributed by atoms with Gasteiger partial charge in [0, 0.05) is 17.8 Å². The molecule has 0 aromatic heterocycles. The molecule has 4 rings (SSSR count). The number of carbonyl (C=O) groups excluding carboxylic acids is 1. The number of ether oxygens (including phenoxy) is 1. The fourth-order valence-electron chi connectivity index (χ4n) is 3.99. The van der Waals surface area contributed by atoms with Crippen LogP contribution in [0.2, 0.25) is 0 Å². The number of benzene rings is 3. The first-order valence-electron chi connectivity index (χ1n) is 10.6. The molecule has 1 saturated heterocycles. The van der Waals surface area contributed by atoms with Crippen molar-refractivity contribution in [1.82, 2.24) is 4.31 Å². The molecular formula is C25H26N2O4S. The molecular weight excluding hydrogens is 424 g/mol. The van der Waals surface area contributed by atoms with E-state index in [0.29, 0.717) is 23.5 Å². The third-order valence-electron chi connectivity index (χ3n) is 5.71. The molecule has 1 unspecified atom stereocenters. The highest BCUT2D eigenvalue weighted by molar-refractivity contribution is 7.89. The predicted molar refractivity (Wildman–Crippen MR) is 124 cm³/mol. The summed E-state index contributed by atoms with van der Waals surface area (Å²) < 4.78 is 33.5. The quantitative estimate of drug-likeness (QED) is 0.582. The van der Waals surface area contributed by atoms with Crippen LogP contribution in [0.1, 0.15) is 41.2 Å². The van der Waals surface area contributed by atoms with E-state index < -0.39 is 10.0 Å². The first-order valence-corrected chi connectivity index (χ1v) is 12.1. The Bertz CT molecular complexity index is 1160. The van der Waals surface area contributed by atoms with Crippen LogP contribution in [0.4, 0.5) is 5.69 Å². The average Bonchev–Trinajstić information content (AvgIpc) is 2.85. The van der Waals surface area contributed by atoms with Gasteiger partial charge in [-0.15, -0.1) is 0 Å². The number of hydrogen-bond acceptors (Lipinski definition) is 4. The Labute approximate surface area is 188 Å². The minimum atomic E-state index is -3.66. The van der Waals surface area contributed by atoms with Gasteiger partial charge in [-0.3, -0.25) is 4.79 Å². The van der Waals surface area contributed by atoms with Crippen molar-refractivity contribution in [3.05, 3.63) is 90.0 Å². The number of nitrogens with one attached hydrogen (secondary N) is 1. The van der Waals surface area contributed by atoms with Crippen LogP contribution >= 0.6 is 0 Å². The Morgan fingerprint density at radius 1 is 0.938 bits per heavy atom. The zero-order valence-electron chi connectivity index (χ0n) is 17.9. The summed E-state index contributed by atoms with van der Waals surface area (Å²) in [5.74, 6) is 0.395. The first kappa shape index (κ1) is 22.0. The average molecular weight is 451 g/mol. The van der Waals surface area contributed by atoms with Crippen LogP contribution in [0.5, 0.6) is 5.75 Å². The Balaban J connectivity index is 1.51. The number of anilines is 1. The number of sulfonamides is 1. The van der Waals surface area contributed by atoms with Gasteiger partial charge in [-0.2, -0.15) is 4.31 Å². The Morgan fingerprint density at radius 3 is 2.28 bits per heavy atom. The van der Waals surface area contributed by atoms with Crippen molar-refractivity contribution in [2.24, 2.45) is 0 Å². The molecule has 1 aliphatic rings. The van der Waals surface area contributed by atoms with E-state index in [-0.39, 0.29) is 16.8 Å². The van der Waals surface area contributed by atoms with Gasteiger partial charge in [-0.05, 0) is 66.9 Å².